The molecule has 5 aromatic rings. The maximum absolute atomic E-state index is 14.2. The van der Waals surface area contributed by atoms with E-state index >= 15 is 0 Å². The number of methoxy groups -OCH3 is 2. The number of para-hydroxylation sites is 1. The Morgan fingerprint density at radius 3 is 2.42 bits per heavy atom. The van der Waals surface area contributed by atoms with Crippen LogP contribution >= 0.6 is 0 Å². The Labute approximate surface area is 258 Å². The zero-order chi connectivity index (χ0) is 32.2. The molecule has 0 bridgehead atoms. The average molecular weight is 611 g/mol. The van der Waals surface area contributed by atoms with Crippen LogP contribution in [-0.4, -0.2) is 35.0 Å². The molecule has 1 aromatic heterocycles. The molecule has 0 saturated heterocycles. The molecule has 45 heavy (non-hydrogen) atoms. The number of hydrogen-bond acceptors (Lipinski definition) is 8. The third kappa shape index (κ3) is 6.23. The summed E-state index contributed by atoms with van der Waals surface area (Å²) in [6.07, 6.45) is 1.32. The van der Waals surface area contributed by atoms with Crippen molar-refractivity contribution in [3.8, 4) is 28.6 Å². The highest BCUT2D eigenvalue weighted by Crippen LogP contribution is 2.39. The van der Waals surface area contributed by atoms with Gasteiger partial charge in [0.25, 0.3) is 5.56 Å². The molecule has 0 N–H and O–H groups in total. The molecule has 1 heterocycles. The monoisotopic (exact) mass is 610 g/mol. The van der Waals surface area contributed by atoms with Gasteiger partial charge in [-0.05, 0) is 60.4 Å². The Hall–Kier alpha value is -5.58. The van der Waals surface area contributed by atoms with E-state index in [1.54, 1.807) is 37.4 Å². The average Bonchev–Trinajstić information content (AvgIpc) is 3.03. The SMILES string of the molecule is COc1cc(C)c(-c2nc3ccccc3c(=O)n2N=Cc2cc(OC)c(OCc3ccccc3F)c([N+](=O)[O-])c2)cc1C(C)C. The number of rotatable bonds is 10. The molecule has 0 unspecified atom stereocenters. The minimum absolute atomic E-state index is 0.0405. The molecular formula is C34H31FN4O6. The largest absolute Gasteiger partial charge is 0.496 e. The Kier molecular flexibility index (Phi) is 8.89. The molecule has 0 aliphatic rings. The molecule has 0 atom stereocenters. The summed E-state index contributed by atoms with van der Waals surface area (Å²) in [5, 5.41) is 16.9. The predicted molar refractivity (Wildman–Crippen MR) is 170 cm³/mol. The first-order valence-corrected chi connectivity index (χ1v) is 14.1. The highest BCUT2D eigenvalue weighted by atomic mass is 19.1. The third-order valence-electron chi connectivity index (χ3n) is 7.32. The molecule has 11 heteroatoms. The molecule has 4 aromatic carbocycles. The van der Waals surface area contributed by atoms with Gasteiger partial charge in [0, 0.05) is 22.8 Å². The normalized spacial score (nSPS) is 11.4. The van der Waals surface area contributed by atoms with Crippen LogP contribution in [0.5, 0.6) is 17.2 Å². The third-order valence-corrected chi connectivity index (χ3v) is 7.32. The van der Waals surface area contributed by atoms with Crippen LogP contribution < -0.4 is 19.8 Å². The predicted octanol–water partition coefficient (Wildman–Crippen LogP) is 7.02. The topological polar surface area (TPSA) is 118 Å². The van der Waals surface area contributed by atoms with Gasteiger partial charge in [-0.3, -0.25) is 14.9 Å². The van der Waals surface area contributed by atoms with Crippen LogP contribution in [0.1, 0.15) is 42.0 Å². The maximum atomic E-state index is 14.2. The second kappa shape index (κ2) is 13.0. The molecule has 0 radical (unpaired) electrons. The summed E-state index contributed by atoms with van der Waals surface area (Å²) in [5.74, 6) is 0.516. The summed E-state index contributed by atoms with van der Waals surface area (Å²) in [4.78, 5) is 30.1. The molecule has 0 aliphatic heterocycles. The van der Waals surface area contributed by atoms with Crippen molar-refractivity contribution in [1.29, 1.82) is 0 Å². The van der Waals surface area contributed by atoms with Gasteiger partial charge in [-0.1, -0.05) is 44.2 Å². The van der Waals surface area contributed by atoms with E-state index in [4.69, 9.17) is 19.2 Å². The summed E-state index contributed by atoms with van der Waals surface area (Å²) < 4.78 is 32.1. The van der Waals surface area contributed by atoms with Crippen LogP contribution in [0, 0.1) is 22.9 Å². The Morgan fingerprint density at radius 1 is 1.02 bits per heavy atom. The first-order chi connectivity index (χ1) is 21.6. The second-order valence-electron chi connectivity index (χ2n) is 10.6. The molecule has 0 aliphatic carbocycles. The zero-order valence-electron chi connectivity index (χ0n) is 25.4. The molecule has 10 nitrogen and oxygen atoms in total. The van der Waals surface area contributed by atoms with Crippen molar-refractivity contribution >= 4 is 22.8 Å². The van der Waals surface area contributed by atoms with E-state index in [0.717, 1.165) is 16.9 Å². The van der Waals surface area contributed by atoms with Crippen molar-refractivity contribution in [2.24, 2.45) is 5.10 Å². The van der Waals surface area contributed by atoms with Gasteiger partial charge in [-0.15, -0.1) is 0 Å². The summed E-state index contributed by atoms with van der Waals surface area (Å²) in [6, 6.07) is 19.5. The number of nitrogens with zero attached hydrogens (tertiary/aromatic N) is 4. The van der Waals surface area contributed by atoms with Crippen LogP contribution in [0.3, 0.4) is 0 Å². The number of aromatic nitrogens is 2. The van der Waals surface area contributed by atoms with Crippen LogP contribution in [0.15, 0.2) is 82.7 Å². The number of nitro benzene ring substituents is 1. The van der Waals surface area contributed by atoms with Gasteiger partial charge in [0.1, 0.15) is 18.2 Å². The fourth-order valence-corrected chi connectivity index (χ4v) is 4.98. The number of benzene rings is 4. The van der Waals surface area contributed by atoms with E-state index in [2.05, 4.69) is 5.10 Å². The summed E-state index contributed by atoms with van der Waals surface area (Å²) in [6.45, 7) is 5.73. The van der Waals surface area contributed by atoms with Gasteiger partial charge in [0.15, 0.2) is 11.6 Å². The molecule has 5 rings (SSSR count). The van der Waals surface area contributed by atoms with Crippen LogP contribution in [0.4, 0.5) is 10.1 Å². The fraction of sp³-hybridized carbons (Fsp3) is 0.206. The van der Waals surface area contributed by atoms with Gasteiger partial charge in [-0.25, -0.2) is 9.37 Å². The standard InChI is InChI=1S/C34H31FN4O6/c1-20(2)25-17-26(21(3)14-30(25)43-4)33-37-28-13-9-7-11-24(28)34(40)38(33)36-18-22-15-29(39(41)42)32(31(16-22)44-5)45-19-23-10-6-8-12-27(23)35/h6-18,20H,19H2,1-5H3. The van der Waals surface area contributed by atoms with Gasteiger partial charge >= 0.3 is 5.69 Å². The lowest BCUT2D eigenvalue weighted by molar-refractivity contribution is -0.386. The van der Waals surface area contributed by atoms with Crippen LogP contribution in [-0.2, 0) is 6.61 Å². The quantitative estimate of drug-likeness (QED) is 0.0947. The first-order valence-electron chi connectivity index (χ1n) is 14.1. The van der Waals surface area contributed by atoms with Crippen molar-refractivity contribution in [1.82, 2.24) is 9.66 Å². The fourth-order valence-electron chi connectivity index (χ4n) is 4.98. The van der Waals surface area contributed by atoms with Crippen molar-refractivity contribution in [3.05, 3.63) is 121 Å². The van der Waals surface area contributed by atoms with E-state index in [1.165, 1.54) is 48.3 Å². The van der Waals surface area contributed by atoms with Crippen LogP contribution in [0.25, 0.3) is 22.3 Å². The minimum Gasteiger partial charge on any atom is -0.496 e. The van der Waals surface area contributed by atoms with Gasteiger partial charge < -0.3 is 14.2 Å². The molecule has 0 amide bonds. The number of fused-ring (bicyclic) bond motifs is 1. The number of hydrogen-bond donors (Lipinski definition) is 0. The van der Waals surface area contributed by atoms with E-state index < -0.39 is 22.0 Å². The molecule has 0 fully saturated rings. The molecule has 0 saturated carbocycles. The first kappa shape index (κ1) is 30.9. The molecule has 230 valence electrons. The van der Waals surface area contributed by atoms with E-state index in [1.807, 2.05) is 32.9 Å². The van der Waals surface area contributed by atoms with E-state index in [0.29, 0.717) is 22.3 Å². The van der Waals surface area contributed by atoms with Crippen LogP contribution in [0.2, 0.25) is 0 Å². The van der Waals surface area contributed by atoms with Gasteiger partial charge in [0.05, 0.1) is 36.3 Å². The number of ether oxygens (including phenoxy) is 3. The number of nitro groups is 1. The zero-order valence-corrected chi connectivity index (χ0v) is 25.4. The summed E-state index contributed by atoms with van der Waals surface area (Å²) in [5.41, 5.74) is 2.59. The highest BCUT2D eigenvalue weighted by molar-refractivity contribution is 5.84. The van der Waals surface area contributed by atoms with Crippen molar-refractivity contribution < 1.29 is 23.5 Å². The number of aryl methyl sites for hydroxylation is 1. The lowest BCUT2D eigenvalue weighted by Crippen LogP contribution is -2.21. The lowest BCUT2D eigenvalue weighted by Gasteiger charge is -2.17. The van der Waals surface area contributed by atoms with Crippen molar-refractivity contribution in [2.75, 3.05) is 14.2 Å². The van der Waals surface area contributed by atoms with E-state index in [-0.39, 0.29) is 35.2 Å². The van der Waals surface area contributed by atoms with Crippen molar-refractivity contribution in [2.45, 2.75) is 33.3 Å². The Balaban J connectivity index is 1.64. The van der Waals surface area contributed by atoms with E-state index in [9.17, 15) is 19.3 Å². The second-order valence-corrected chi connectivity index (χ2v) is 10.6. The summed E-state index contributed by atoms with van der Waals surface area (Å²) in [7, 11) is 2.95. The molecule has 0 spiro atoms. The van der Waals surface area contributed by atoms with Crippen molar-refractivity contribution in [3.63, 3.8) is 0 Å². The highest BCUT2D eigenvalue weighted by Gasteiger charge is 2.23. The minimum atomic E-state index is -0.625. The van der Waals surface area contributed by atoms with Gasteiger partial charge in [0.2, 0.25) is 5.75 Å². The lowest BCUT2D eigenvalue weighted by atomic mass is 9.96. The Morgan fingerprint density at radius 2 is 1.73 bits per heavy atom. The van der Waals surface area contributed by atoms with Gasteiger partial charge in [-0.2, -0.15) is 9.78 Å². The summed E-state index contributed by atoms with van der Waals surface area (Å²) >= 11 is 0. The maximum Gasteiger partial charge on any atom is 0.315 e. The Bertz CT molecular complexity index is 2000. The number of halogens is 1. The molecular weight excluding hydrogens is 579 g/mol. The smallest absolute Gasteiger partial charge is 0.315 e.